The second-order valence-corrected chi connectivity index (χ2v) is 6.01. The number of nitrogens with one attached hydrogen (secondary N) is 1. The molecule has 2 aliphatic heterocycles. The minimum atomic E-state index is 0. The van der Waals surface area contributed by atoms with E-state index in [9.17, 15) is 4.79 Å². The average Bonchev–Trinajstić information content (AvgIpc) is 3.08. The molecular formula is C15H24ClN3O2. The van der Waals surface area contributed by atoms with Crippen LogP contribution in [0.5, 0.6) is 0 Å². The lowest BCUT2D eigenvalue weighted by Gasteiger charge is -2.27. The van der Waals surface area contributed by atoms with Gasteiger partial charge in [-0.05, 0) is 51.6 Å². The number of rotatable bonds is 3. The van der Waals surface area contributed by atoms with Crippen molar-refractivity contribution in [2.45, 2.75) is 45.1 Å². The first-order valence-corrected chi connectivity index (χ1v) is 7.67. The molecule has 0 radical (unpaired) electrons. The summed E-state index contributed by atoms with van der Waals surface area (Å²) in [5, 5.41) is 7.30. The monoisotopic (exact) mass is 313 g/mol. The van der Waals surface area contributed by atoms with E-state index in [-0.39, 0.29) is 24.4 Å². The Morgan fingerprint density at radius 1 is 1.43 bits per heavy atom. The molecule has 5 nitrogen and oxygen atoms in total. The summed E-state index contributed by atoms with van der Waals surface area (Å²) in [7, 11) is 0. The number of halogens is 1. The normalized spacial score (nSPS) is 23.1. The van der Waals surface area contributed by atoms with Crippen LogP contribution in [0.1, 0.15) is 49.6 Å². The van der Waals surface area contributed by atoms with Crippen molar-refractivity contribution < 1.29 is 9.32 Å². The first-order valence-electron chi connectivity index (χ1n) is 7.67. The van der Waals surface area contributed by atoms with E-state index in [1.54, 1.807) is 0 Å². The molecule has 2 aliphatic rings. The molecule has 0 aliphatic carbocycles. The van der Waals surface area contributed by atoms with Gasteiger partial charge in [-0.1, -0.05) is 5.16 Å². The number of piperidine rings is 1. The second kappa shape index (κ2) is 7.27. The summed E-state index contributed by atoms with van der Waals surface area (Å²) in [4.78, 5) is 14.5. The van der Waals surface area contributed by atoms with E-state index in [4.69, 9.17) is 4.52 Å². The quantitative estimate of drug-likeness (QED) is 0.931. The van der Waals surface area contributed by atoms with Gasteiger partial charge in [-0.2, -0.15) is 0 Å². The summed E-state index contributed by atoms with van der Waals surface area (Å²) in [6.45, 7) is 4.86. The fraction of sp³-hybridized carbons (Fsp3) is 0.733. The van der Waals surface area contributed by atoms with Crippen LogP contribution in [0, 0.1) is 12.8 Å². The predicted octanol–water partition coefficient (Wildman–Crippen LogP) is 2.46. The Kier molecular flexibility index (Phi) is 5.65. The Morgan fingerprint density at radius 3 is 2.86 bits per heavy atom. The summed E-state index contributed by atoms with van der Waals surface area (Å²) >= 11 is 0. The highest BCUT2D eigenvalue weighted by molar-refractivity contribution is 5.85. The van der Waals surface area contributed by atoms with Crippen LogP contribution < -0.4 is 5.32 Å². The van der Waals surface area contributed by atoms with Gasteiger partial charge >= 0.3 is 0 Å². The summed E-state index contributed by atoms with van der Waals surface area (Å²) in [6.07, 6.45) is 4.97. The number of hydrogen-bond acceptors (Lipinski definition) is 4. The minimum Gasteiger partial charge on any atom is -0.359 e. The molecule has 2 fully saturated rings. The highest BCUT2D eigenvalue weighted by Gasteiger charge is 2.33. The van der Waals surface area contributed by atoms with Gasteiger partial charge in [0.2, 0.25) is 5.91 Å². The number of hydrogen-bond donors (Lipinski definition) is 1. The van der Waals surface area contributed by atoms with Crippen molar-refractivity contribution in [3.05, 3.63) is 17.5 Å². The van der Waals surface area contributed by atoms with E-state index in [0.717, 1.165) is 56.8 Å². The molecule has 3 rings (SSSR count). The summed E-state index contributed by atoms with van der Waals surface area (Å²) < 4.78 is 5.36. The van der Waals surface area contributed by atoms with Crippen LogP contribution >= 0.6 is 12.4 Å². The topological polar surface area (TPSA) is 58.4 Å². The van der Waals surface area contributed by atoms with Crippen LogP contribution in [-0.4, -0.2) is 35.6 Å². The van der Waals surface area contributed by atoms with Gasteiger partial charge in [0.1, 0.15) is 0 Å². The van der Waals surface area contributed by atoms with Crippen molar-refractivity contribution in [1.29, 1.82) is 0 Å². The standard InChI is InChI=1S/C15H23N3O2.ClH/c1-11-9-14(20-17-11)13-3-2-8-18(13)15(19)10-12-4-6-16-7-5-12;/h9,12-13,16H,2-8,10H2,1H3;1H. The zero-order valence-corrected chi connectivity index (χ0v) is 13.3. The molecule has 118 valence electrons. The minimum absolute atomic E-state index is 0. The van der Waals surface area contributed by atoms with Crippen molar-refractivity contribution in [1.82, 2.24) is 15.4 Å². The lowest BCUT2D eigenvalue weighted by atomic mass is 9.94. The van der Waals surface area contributed by atoms with Gasteiger partial charge in [-0.3, -0.25) is 4.79 Å². The maximum atomic E-state index is 12.5. The Hall–Kier alpha value is -1.07. The van der Waals surface area contributed by atoms with Crippen LogP contribution in [0.2, 0.25) is 0 Å². The van der Waals surface area contributed by atoms with Gasteiger partial charge in [0, 0.05) is 19.0 Å². The molecule has 0 saturated carbocycles. The molecule has 21 heavy (non-hydrogen) atoms. The Bertz CT molecular complexity index is 471. The van der Waals surface area contributed by atoms with Gasteiger partial charge in [0.25, 0.3) is 0 Å². The number of carbonyl (C=O) groups excluding carboxylic acids is 1. The van der Waals surface area contributed by atoms with Crippen molar-refractivity contribution >= 4 is 18.3 Å². The predicted molar refractivity (Wildman–Crippen MR) is 82.4 cm³/mol. The third-order valence-corrected chi connectivity index (χ3v) is 4.47. The van der Waals surface area contributed by atoms with Crippen molar-refractivity contribution in [2.24, 2.45) is 5.92 Å². The van der Waals surface area contributed by atoms with Crippen LogP contribution in [0.4, 0.5) is 0 Å². The zero-order valence-electron chi connectivity index (χ0n) is 12.5. The first-order chi connectivity index (χ1) is 9.74. The number of likely N-dealkylation sites (tertiary alicyclic amines) is 1. The van der Waals surface area contributed by atoms with Gasteiger partial charge in [0.05, 0.1) is 11.7 Å². The Balaban J connectivity index is 0.00000161. The van der Waals surface area contributed by atoms with E-state index < -0.39 is 0 Å². The molecule has 0 spiro atoms. The molecule has 2 saturated heterocycles. The van der Waals surface area contributed by atoms with Crippen molar-refractivity contribution in [3.8, 4) is 0 Å². The fourth-order valence-corrected chi connectivity index (χ4v) is 3.35. The second-order valence-electron chi connectivity index (χ2n) is 6.01. The number of nitrogens with zero attached hydrogens (tertiary/aromatic N) is 2. The molecule has 1 atom stereocenters. The molecule has 3 heterocycles. The van der Waals surface area contributed by atoms with E-state index in [1.165, 1.54) is 0 Å². The summed E-state index contributed by atoms with van der Waals surface area (Å²) in [6, 6.07) is 2.06. The van der Waals surface area contributed by atoms with E-state index in [0.29, 0.717) is 12.3 Å². The van der Waals surface area contributed by atoms with Crippen LogP contribution in [0.25, 0.3) is 0 Å². The molecule has 6 heteroatoms. The number of amides is 1. The first kappa shape index (κ1) is 16.3. The average molecular weight is 314 g/mol. The summed E-state index contributed by atoms with van der Waals surface area (Å²) in [5.41, 5.74) is 0.887. The number of aromatic nitrogens is 1. The highest BCUT2D eigenvalue weighted by Crippen LogP contribution is 2.33. The molecule has 1 aromatic heterocycles. The van der Waals surface area contributed by atoms with Gasteiger partial charge in [0.15, 0.2) is 5.76 Å². The van der Waals surface area contributed by atoms with E-state index in [1.807, 2.05) is 17.9 Å². The largest absolute Gasteiger partial charge is 0.359 e. The van der Waals surface area contributed by atoms with Crippen LogP contribution in [-0.2, 0) is 4.79 Å². The third kappa shape index (κ3) is 3.77. The highest BCUT2D eigenvalue weighted by atomic mass is 35.5. The lowest BCUT2D eigenvalue weighted by Crippen LogP contribution is -2.35. The molecular weight excluding hydrogens is 290 g/mol. The molecule has 0 bridgehead atoms. The third-order valence-electron chi connectivity index (χ3n) is 4.47. The zero-order chi connectivity index (χ0) is 13.9. The van der Waals surface area contributed by atoms with Crippen LogP contribution in [0.3, 0.4) is 0 Å². The van der Waals surface area contributed by atoms with Crippen LogP contribution in [0.15, 0.2) is 10.6 Å². The Morgan fingerprint density at radius 2 is 2.19 bits per heavy atom. The number of carbonyl (C=O) groups is 1. The smallest absolute Gasteiger partial charge is 0.223 e. The SMILES string of the molecule is Cc1cc(C2CCCN2C(=O)CC2CCNCC2)on1.Cl. The fourth-order valence-electron chi connectivity index (χ4n) is 3.35. The molecule has 1 amide bonds. The lowest BCUT2D eigenvalue weighted by molar-refractivity contribution is -0.133. The van der Waals surface area contributed by atoms with Gasteiger partial charge in [-0.25, -0.2) is 0 Å². The number of aryl methyl sites for hydroxylation is 1. The molecule has 1 N–H and O–H groups in total. The van der Waals surface area contributed by atoms with Crippen molar-refractivity contribution in [2.75, 3.05) is 19.6 Å². The maximum absolute atomic E-state index is 12.5. The molecule has 0 aromatic carbocycles. The van der Waals surface area contributed by atoms with Gasteiger partial charge in [-0.15, -0.1) is 12.4 Å². The van der Waals surface area contributed by atoms with Crippen molar-refractivity contribution in [3.63, 3.8) is 0 Å². The Labute approximate surface area is 131 Å². The molecule has 1 unspecified atom stereocenters. The van der Waals surface area contributed by atoms with E-state index >= 15 is 0 Å². The molecule has 1 aromatic rings. The maximum Gasteiger partial charge on any atom is 0.223 e. The summed E-state index contributed by atoms with van der Waals surface area (Å²) in [5.74, 6) is 1.67. The van der Waals surface area contributed by atoms with Gasteiger partial charge < -0.3 is 14.7 Å². The van der Waals surface area contributed by atoms with E-state index in [2.05, 4.69) is 10.5 Å².